The van der Waals surface area contributed by atoms with E-state index < -0.39 is 0 Å². The molecule has 2 aliphatic rings. The quantitative estimate of drug-likeness (QED) is 0.619. The minimum Gasteiger partial charge on any atom is -0.479 e. The van der Waals surface area contributed by atoms with Gasteiger partial charge in [-0.05, 0) is 43.7 Å². The van der Waals surface area contributed by atoms with Gasteiger partial charge in [0, 0.05) is 51.8 Å². The first-order valence-corrected chi connectivity index (χ1v) is 12.8. The van der Waals surface area contributed by atoms with Gasteiger partial charge in [0.2, 0.25) is 17.7 Å². The highest BCUT2D eigenvalue weighted by molar-refractivity contribution is 5.86. The molecule has 0 spiro atoms. The Hall–Kier alpha value is -2.64. The number of piperazine rings is 1. The Labute approximate surface area is 202 Å². The molecule has 186 valence electrons. The summed E-state index contributed by atoms with van der Waals surface area (Å²) in [6.07, 6.45) is 9.31. The van der Waals surface area contributed by atoms with Crippen LogP contribution < -0.4 is 4.74 Å². The van der Waals surface area contributed by atoms with Gasteiger partial charge in [-0.1, -0.05) is 32.1 Å². The van der Waals surface area contributed by atoms with E-state index in [9.17, 15) is 9.59 Å². The number of amides is 2. The third-order valence-electron chi connectivity index (χ3n) is 7.78. The van der Waals surface area contributed by atoms with E-state index in [2.05, 4.69) is 12.0 Å². The molecule has 2 aromatic rings. The molecule has 0 aromatic carbocycles. The van der Waals surface area contributed by atoms with E-state index in [-0.39, 0.29) is 11.8 Å². The summed E-state index contributed by atoms with van der Waals surface area (Å²) in [5.41, 5.74) is 3.89. The fraction of sp³-hybridized carbons (Fsp3) is 0.692. The zero-order valence-corrected chi connectivity index (χ0v) is 21.2. The molecule has 8 heteroatoms. The van der Waals surface area contributed by atoms with Crippen LogP contribution in [-0.2, 0) is 23.1 Å². The number of carbonyl (C=O) groups excluding carboxylic acids is 2. The second kappa shape index (κ2) is 10.7. The van der Waals surface area contributed by atoms with Crippen LogP contribution in [0, 0.1) is 19.8 Å². The summed E-state index contributed by atoms with van der Waals surface area (Å²) in [6, 6.07) is 0. The summed E-state index contributed by atoms with van der Waals surface area (Å²) >= 11 is 0. The van der Waals surface area contributed by atoms with E-state index >= 15 is 0 Å². The number of hydrogen-bond donors (Lipinski definition) is 0. The number of methoxy groups -OCH3 is 1. The van der Waals surface area contributed by atoms with Crippen LogP contribution in [-0.4, -0.2) is 69.7 Å². The van der Waals surface area contributed by atoms with Crippen LogP contribution in [0.3, 0.4) is 0 Å². The first-order valence-electron chi connectivity index (χ1n) is 12.8. The molecule has 1 aliphatic carbocycles. The molecule has 0 bridgehead atoms. The Kier molecular flexibility index (Phi) is 7.73. The zero-order valence-electron chi connectivity index (χ0n) is 21.2. The van der Waals surface area contributed by atoms with Gasteiger partial charge in [0.1, 0.15) is 0 Å². The number of pyridine rings is 1. The molecule has 0 radical (unpaired) electrons. The molecule has 1 saturated heterocycles. The predicted molar refractivity (Wildman–Crippen MR) is 132 cm³/mol. The summed E-state index contributed by atoms with van der Waals surface area (Å²) in [5, 5.41) is 5.32. The van der Waals surface area contributed by atoms with E-state index in [0.29, 0.717) is 51.3 Å². The summed E-state index contributed by atoms with van der Waals surface area (Å²) in [5.74, 6) is 1.70. The standard InChI is InChI=1S/C26H39N5O3/c1-18-21(19(2)27-25-24(18)26(34-4)28-29(25)3)11-13-23(33)31-16-14-30(15-17-31)22(32)12-10-20-8-6-5-7-9-20/h20H,5-17H2,1-4H3. The van der Waals surface area contributed by atoms with Gasteiger partial charge in [-0.15, -0.1) is 5.10 Å². The Bertz CT molecular complexity index is 1030. The average Bonchev–Trinajstić information content (AvgIpc) is 3.18. The number of fused-ring (bicyclic) bond motifs is 1. The number of aromatic nitrogens is 3. The second-order valence-corrected chi connectivity index (χ2v) is 9.94. The molecular formula is C26H39N5O3. The highest BCUT2D eigenvalue weighted by Gasteiger charge is 2.25. The van der Waals surface area contributed by atoms with Crippen molar-refractivity contribution < 1.29 is 14.3 Å². The number of ether oxygens (including phenoxy) is 1. The minimum atomic E-state index is 0.145. The minimum absolute atomic E-state index is 0.145. The highest BCUT2D eigenvalue weighted by atomic mass is 16.5. The van der Waals surface area contributed by atoms with Crippen LogP contribution in [0.5, 0.6) is 5.88 Å². The van der Waals surface area contributed by atoms with E-state index in [4.69, 9.17) is 9.72 Å². The fourth-order valence-corrected chi connectivity index (χ4v) is 5.66. The largest absolute Gasteiger partial charge is 0.479 e. The monoisotopic (exact) mass is 469 g/mol. The van der Waals surface area contributed by atoms with Gasteiger partial charge in [0.15, 0.2) is 5.65 Å². The fourth-order valence-electron chi connectivity index (χ4n) is 5.66. The van der Waals surface area contributed by atoms with Crippen molar-refractivity contribution >= 4 is 22.8 Å². The zero-order chi connectivity index (χ0) is 24.2. The molecule has 1 aliphatic heterocycles. The maximum Gasteiger partial charge on any atom is 0.242 e. The van der Waals surface area contributed by atoms with Crippen molar-refractivity contribution in [1.29, 1.82) is 0 Å². The highest BCUT2D eigenvalue weighted by Crippen LogP contribution is 2.31. The van der Waals surface area contributed by atoms with Crippen molar-refractivity contribution in [2.24, 2.45) is 13.0 Å². The maximum absolute atomic E-state index is 13.0. The molecule has 4 rings (SSSR count). The number of rotatable bonds is 7. The average molecular weight is 470 g/mol. The normalized spacial score (nSPS) is 17.4. The topological polar surface area (TPSA) is 80.6 Å². The molecule has 34 heavy (non-hydrogen) atoms. The molecule has 0 N–H and O–H groups in total. The molecule has 2 fully saturated rings. The van der Waals surface area contributed by atoms with Crippen molar-refractivity contribution in [2.75, 3.05) is 33.3 Å². The van der Waals surface area contributed by atoms with Crippen molar-refractivity contribution in [3.8, 4) is 5.88 Å². The van der Waals surface area contributed by atoms with Gasteiger partial charge in [0.25, 0.3) is 0 Å². The van der Waals surface area contributed by atoms with Crippen LogP contribution >= 0.6 is 0 Å². The summed E-state index contributed by atoms with van der Waals surface area (Å²) in [7, 11) is 3.48. The number of carbonyl (C=O) groups is 2. The Morgan fingerprint density at radius 2 is 1.59 bits per heavy atom. The van der Waals surface area contributed by atoms with Crippen LogP contribution in [0.2, 0.25) is 0 Å². The molecule has 2 aromatic heterocycles. The lowest BCUT2D eigenvalue weighted by Gasteiger charge is -2.35. The third kappa shape index (κ3) is 5.20. The third-order valence-corrected chi connectivity index (χ3v) is 7.78. The lowest BCUT2D eigenvalue weighted by atomic mass is 9.86. The lowest BCUT2D eigenvalue weighted by Crippen LogP contribution is -2.50. The van der Waals surface area contributed by atoms with E-state index in [1.165, 1.54) is 32.1 Å². The molecule has 3 heterocycles. The summed E-state index contributed by atoms with van der Waals surface area (Å²) in [6.45, 7) is 6.59. The van der Waals surface area contributed by atoms with Crippen LogP contribution in [0.15, 0.2) is 0 Å². The van der Waals surface area contributed by atoms with Gasteiger partial charge in [0.05, 0.1) is 12.5 Å². The molecule has 2 amide bonds. The van der Waals surface area contributed by atoms with Crippen molar-refractivity contribution in [1.82, 2.24) is 24.6 Å². The first-order chi connectivity index (χ1) is 16.4. The van der Waals surface area contributed by atoms with Gasteiger partial charge in [-0.2, -0.15) is 0 Å². The van der Waals surface area contributed by atoms with E-state index in [1.807, 2.05) is 23.8 Å². The smallest absolute Gasteiger partial charge is 0.242 e. The molecule has 1 saturated carbocycles. The van der Waals surface area contributed by atoms with E-state index in [1.54, 1.807) is 11.8 Å². The van der Waals surface area contributed by atoms with Crippen molar-refractivity contribution in [3.05, 3.63) is 16.8 Å². The van der Waals surface area contributed by atoms with Crippen molar-refractivity contribution in [2.45, 2.75) is 71.6 Å². The molecular weight excluding hydrogens is 430 g/mol. The van der Waals surface area contributed by atoms with E-state index in [0.717, 1.165) is 40.2 Å². The van der Waals surface area contributed by atoms with Crippen LogP contribution in [0.25, 0.3) is 11.0 Å². The summed E-state index contributed by atoms with van der Waals surface area (Å²) in [4.78, 5) is 34.2. The Balaban J connectivity index is 1.29. The molecule has 0 atom stereocenters. The SMILES string of the molecule is COc1nn(C)c2nc(C)c(CCC(=O)N3CCN(C(=O)CCC4CCCCC4)CC3)c(C)c12. The van der Waals surface area contributed by atoms with Crippen LogP contribution in [0.1, 0.15) is 68.2 Å². The van der Waals surface area contributed by atoms with Gasteiger partial charge < -0.3 is 14.5 Å². The number of hydrogen-bond acceptors (Lipinski definition) is 5. The molecule has 8 nitrogen and oxygen atoms in total. The molecule has 0 unspecified atom stereocenters. The number of nitrogens with zero attached hydrogens (tertiary/aromatic N) is 5. The Morgan fingerprint density at radius 3 is 2.21 bits per heavy atom. The van der Waals surface area contributed by atoms with Gasteiger partial charge in [-0.3, -0.25) is 9.59 Å². The maximum atomic E-state index is 13.0. The summed E-state index contributed by atoms with van der Waals surface area (Å²) < 4.78 is 7.18. The second-order valence-electron chi connectivity index (χ2n) is 9.94. The Morgan fingerprint density at radius 1 is 0.971 bits per heavy atom. The number of aryl methyl sites for hydroxylation is 3. The predicted octanol–water partition coefficient (Wildman–Crippen LogP) is 3.56. The lowest BCUT2D eigenvalue weighted by molar-refractivity contribution is -0.139. The first kappa shape index (κ1) is 24.5. The van der Waals surface area contributed by atoms with Gasteiger partial charge >= 0.3 is 0 Å². The van der Waals surface area contributed by atoms with Crippen molar-refractivity contribution in [3.63, 3.8) is 0 Å². The van der Waals surface area contributed by atoms with Crippen LogP contribution in [0.4, 0.5) is 0 Å². The van der Waals surface area contributed by atoms with Gasteiger partial charge in [-0.25, -0.2) is 9.67 Å².